The van der Waals surface area contributed by atoms with E-state index in [0.29, 0.717) is 36.0 Å². The predicted octanol–water partition coefficient (Wildman–Crippen LogP) is 0.869. The molecule has 0 saturated carbocycles. The van der Waals surface area contributed by atoms with Gasteiger partial charge in [-0.15, -0.1) is 0 Å². The van der Waals surface area contributed by atoms with Crippen molar-refractivity contribution >= 4 is 5.82 Å². The molecule has 1 aromatic rings. The Bertz CT molecular complexity index is 385. The highest BCUT2D eigenvalue weighted by atomic mass is 16.5. The topological polar surface area (TPSA) is 81.2 Å². The van der Waals surface area contributed by atoms with E-state index >= 15 is 0 Å². The van der Waals surface area contributed by atoms with E-state index in [9.17, 15) is 0 Å². The number of hydrogen-bond donors (Lipinski definition) is 1. The van der Waals surface area contributed by atoms with Crippen LogP contribution in [0.3, 0.4) is 0 Å². The molecular formula is C10H13N3O2. The van der Waals surface area contributed by atoms with Gasteiger partial charge in [0, 0.05) is 13.2 Å². The van der Waals surface area contributed by atoms with Crippen LogP contribution in [0.25, 0.3) is 0 Å². The number of aromatic nitrogens is 1. The maximum Gasteiger partial charge on any atom is 0.142 e. The van der Waals surface area contributed by atoms with Crippen molar-refractivity contribution in [1.29, 1.82) is 5.26 Å². The lowest BCUT2D eigenvalue weighted by molar-refractivity contribution is 0.146. The third-order valence-electron chi connectivity index (χ3n) is 1.84. The van der Waals surface area contributed by atoms with E-state index in [2.05, 4.69) is 4.98 Å². The summed E-state index contributed by atoms with van der Waals surface area (Å²) in [5.74, 6) is 0.804. The molecule has 0 amide bonds. The summed E-state index contributed by atoms with van der Waals surface area (Å²) in [7, 11) is 1.58. The minimum atomic E-state index is 0.346. The van der Waals surface area contributed by atoms with Crippen LogP contribution in [0.5, 0.6) is 5.75 Å². The predicted molar refractivity (Wildman–Crippen MR) is 55.5 cm³/mol. The van der Waals surface area contributed by atoms with Crippen molar-refractivity contribution in [2.24, 2.45) is 0 Å². The van der Waals surface area contributed by atoms with E-state index in [1.54, 1.807) is 20.1 Å². The lowest BCUT2D eigenvalue weighted by Crippen LogP contribution is -2.07. The Labute approximate surface area is 88.4 Å². The van der Waals surface area contributed by atoms with Crippen LogP contribution in [-0.4, -0.2) is 25.3 Å². The molecule has 0 aromatic carbocycles. The number of hydrogen-bond acceptors (Lipinski definition) is 5. The van der Waals surface area contributed by atoms with Gasteiger partial charge < -0.3 is 15.2 Å². The average Bonchev–Trinajstić information content (AvgIpc) is 2.17. The van der Waals surface area contributed by atoms with Gasteiger partial charge in [0.1, 0.15) is 29.8 Å². The van der Waals surface area contributed by atoms with Crippen molar-refractivity contribution in [3.63, 3.8) is 0 Å². The van der Waals surface area contributed by atoms with Crippen LogP contribution in [0.15, 0.2) is 6.07 Å². The van der Waals surface area contributed by atoms with Crippen LogP contribution in [0, 0.1) is 18.3 Å². The SMILES string of the molecule is COCCOc1cc(N)nc(C)c1C#N. The number of rotatable bonds is 4. The summed E-state index contributed by atoms with van der Waals surface area (Å²) in [4.78, 5) is 3.98. The molecule has 0 saturated heterocycles. The number of aryl methyl sites for hydroxylation is 1. The van der Waals surface area contributed by atoms with Gasteiger partial charge in [0.2, 0.25) is 0 Å². The molecule has 5 heteroatoms. The summed E-state index contributed by atoms with van der Waals surface area (Å²) >= 11 is 0. The van der Waals surface area contributed by atoms with E-state index < -0.39 is 0 Å². The third-order valence-corrected chi connectivity index (χ3v) is 1.84. The molecule has 1 aromatic heterocycles. The van der Waals surface area contributed by atoms with Crippen molar-refractivity contribution in [3.05, 3.63) is 17.3 Å². The molecule has 0 aliphatic heterocycles. The van der Waals surface area contributed by atoms with Crippen LogP contribution in [-0.2, 0) is 4.74 Å². The molecule has 15 heavy (non-hydrogen) atoms. The molecule has 0 atom stereocenters. The van der Waals surface area contributed by atoms with Gasteiger partial charge in [0.05, 0.1) is 12.3 Å². The first-order chi connectivity index (χ1) is 7.19. The molecular weight excluding hydrogens is 194 g/mol. The molecule has 0 unspecified atom stereocenters. The summed E-state index contributed by atoms with van der Waals surface area (Å²) < 4.78 is 10.2. The number of methoxy groups -OCH3 is 1. The highest BCUT2D eigenvalue weighted by Crippen LogP contribution is 2.22. The summed E-state index contributed by atoms with van der Waals surface area (Å²) in [6, 6.07) is 3.58. The molecule has 0 bridgehead atoms. The standard InChI is InChI=1S/C10H13N3O2/c1-7-8(6-11)9(5-10(12)13-7)15-4-3-14-2/h5H,3-4H2,1-2H3,(H2,12,13). The minimum absolute atomic E-state index is 0.346. The van der Waals surface area contributed by atoms with Crippen molar-refractivity contribution < 1.29 is 9.47 Å². The third kappa shape index (κ3) is 2.82. The van der Waals surface area contributed by atoms with Gasteiger partial charge in [-0.2, -0.15) is 5.26 Å². The first kappa shape index (κ1) is 11.3. The first-order valence-electron chi connectivity index (χ1n) is 4.48. The molecule has 2 N–H and O–H groups in total. The summed E-state index contributed by atoms with van der Waals surface area (Å²) in [5, 5.41) is 8.90. The molecule has 0 aliphatic carbocycles. The van der Waals surface area contributed by atoms with Crippen molar-refractivity contribution in [2.45, 2.75) is 6.92 Å². The molecule has 1 heterocycles. The number of nitrogen functional groups attached to an aromatic ring is 1. The molecule has 0 fully saturated rings. The second-order valence-electron chi connectivity index (χ2n) is 2.96. The van der Waals surface area contributed by atoms with Crippen LogP contribution < -0.4 is 10.5 Å². The second-order valence-corrected chi connectivity index (χ2v) is 2.96. The highest BCUT2D eigenvalue weighted by molar-refractivity contribution is 5.51. The monoisotopic (exact) mass is 207 g/mol. The number of anilines is 1. The number of nitriles is 1. The Hall–Kier alpha value is -1.80. The number of nitrogens with two attached hydrogens (primary N) is 1. The Morgan fingerprint density at radius 2 is 2.27 bits per heavy atom. The molecule has 5 nitrogen and oxygen atoms in total. The van der Waals surface area contributed by atoms with Gasteiger partial charge in [-0.1, -0.05) is 0 Å². The lowest BCUT2D eigenvalue weighted by Gasteiger charge is -2.09. The van der Waals surface area contributed by atoms with Crippen LogP contribution in [0.4, 0.5) is 5.82 Å². The zero-order valence-electron chi connectivity index (χ0n) is 8.78. The fourth-order valence-electron chi connectivity index (χ4n) is 1.15. The Balaban J connectivity index is 2.90. The Morgan fingerprint density at radius 3 is 2.87 bits per heavy atom. The van der Waals surface area contributed by atoms with E-state index in [0.717, 1.165) is 0 Å². The van der Waals surface area contributed by atoms with Gasteiger partial charge in [-0.3, -0.25) is 0 Å². The number of ether oxygens (including phenoxy) is 2. The second kappa shape index (κ2) is 5.17. The fourth-order valence-corrected chi connectivity index (χ4v) is 1.15. The smallest absolute Gasteiger partial charge is 0.142 e. The molecule has 0 aliphatic rings. The number of pyridine rings is 1. The normalized spacial score (nSPS) is 9.67. The van der Waals surface area contributed by atoms with Crippen molar-refractivity contribution in [1.82, 2.24) is 4.98 Å². The van der Waals surface area contributed by atoms with Crippen molar-refractivity contribution in [3.8, 4) is 11.8 Å². The average molecular weight is 207 g/mol. The van der Waals surface area contributed by atoms with Crippen LogP contribution >= 0.6 is 0 Å². The van der Waals surface area contributed by atoms with Gasteiger partial charge in [0.15, 0.2) is 0 Å². The van der Waals surface area contributed by atoms with Crippen molar-refractivity contribution in [2.75, 3.05) is 26.1 Å². The summed E-state index contributed by atoms with van der Waals surface area (Å²) in [5.41, 5.74) is 6.55. The maximum absolute atomic E-state index is 8.90. The van der Waals surface area contributed by atoms with Gasteiger partial charge in [-0.05, 0) is 6.92 Å². The zero-order chi connectivity index (χ0) is 11.3. The van der Waals surface area contributed by atoms with Gasteiger partial charge in [0.25, 0.3) is 0 Å². The number of nitrogens with zero attached hydrogens (tertiary/aromatic N) is 2. The Morgan fingerprint density at radius 1 is 1.53 bits per heavy atom. The fraction of sp³-hybridized carbons (Fsp3) is 0.400. The van der Waals surface area contributed by atoms with E-state index in [4.69, 9.17) is 20.5 Å². The first-order valence-corrected chi connectivity index (χ1v) is 4.48. The molecule has 0 radical (unpaired) electrons. The maximum atomic E-state index is 8.90. The van der Waals surface area contributed by atoms with E-state index in [1.807, 2.05) is 6.07 Å². The zero-order valence-corrected chi connectivity index (χ0v) is 8.78. The highest BCUT2D eigenvalue weighted by Gasteiger charge is 2.09. The summed E-state index contributed by atoms with van der Waals surface area (Å²) in [6.07, 6.45) is 0. The lowest BCUT2D eigenvalue weighted by atomic mass is 10.2. The minimum Gasteiger partial charge on any atom is -0.490 e. The van der Waals surface area contributed by atoms with E-state index in [-0.39, 0.29) is 0 Å². The van der Waals surface area contributed by atoms with E-state index in [1.165, 1.54) is 0 Å². The molecule has 1 rings (SSSR count). The van der Waals surface area contributed by atoms with Crippen LogP contribution in [0.1, 0.15) is 11.3 Å². The molecule has 0 spiro atoms. The van der Waals surface area contributed by atoms with Crippen LogP contribution in [0.2, 0.25) is 0 Å². The molecule has 80 valence electrons. The van der Waals surface area contributed by atoms with Gasteiger partial charge in [-0.25, -0.2) is 4.98 Å². The Kier molecular flexibility index (Phi) is 3.89. The quantitative estimate of drug-likeness (QED) is 0.741. The summed E-state index contributed by atoms with van der Waals surface area (Å²) in [6.45, 7) is 2.57. The van der Waals surface area contributed by atoms with Gasteiger partial charge >= 0.3 is 0 Å². The largest absolute Gasteiger partial charge is 0.490 e.